The van der Waals surface area contributed by atoms with Crippen LogP contribution in [0.5, 0.6) is 0 Å². The third-order valence-corrected chi connectivity index (χ3v) is 2.93. The van der Waals surface area contributed by atoms with Gasteiger partial charge in [0.05, 0.1) is 5.69 Å². The summed E-state index contributed by atoms with van der Waals surface area (Å²) in [6, 6.07) is 6.56. The molecule has 0 aliphatic heterocycles. The van der Waals surface area contributed by atoms with Crippen LogP contribution in [0.1, 0.15) is 23.7 Å². The molecular weight excluding hydrogens is 229 g/mol. The number of hydrogen-bond donors (Lipinski definition) is 1. The third kappa shape index (κ3) is 3.17. The molecule has 0 saturated heterocycles. The molecule has 0 spiro atoms. The highest BCUT2D eigenvalue weighted by Gasteiger charge is 2.03. The average Bonchev–Trinajstić information content (AvgIpc) is 2.73. The number of halogens is 1. The van der Waals surface area contributed by atoms with Gasteiger partial charge in [0.15, 0.2) is 0 Å². The molecule has 96 valence electrons. The molecule has 0 saturated carbocycles. The second-order valence-electron chi connectivity index (χ2n) is 4.33. The van der Waals surface area contributed by atoms with E-state index in [1.165, 1.54) is 17.7 Å². The summed E-state index contributed by atoms with van der Waals surface area (Å²) in [5.74, 6) is -0.196. The van der Waals surface area contributed by atoms with E-state index in [1.807, 2.05) is 11.6 Å². The number of benzene rings is 1. The van der Waals surface area contributed by atoms with Crippen LogP contribution in [0.15, 0.2) is 30.5 Å². The molecule has 0 aliphatic carbocycles. The minimum absolute atomic E-state index is 0.196. The summed E-state index contributed by atoms with van der Waals surface area (Å²) in [6.07, 6.45) is 2.06. The SMILES string of the molecule is CCn1cc(CNCc2ccc(F)cc2)c(C)n1. The number of nitrogens with zero attached hydrogens (tertiary/aromatic N) is 2. The van der Waals surface area contributed by atoms with Crippen molar-refractivity contribution in [1.82, 2.24) is 15.1 Å². The summed E-state index contributed by atoms with van der Waals surface area (Å²) in [6.45, 7) is 6.49. The molecule has 0 unspecified atom stereocenters. The first kappa shape index (κ1) is 12.8. The first-order valence-corrected chi connectivity index (χ1v) is 6.17. The van der Waals surface area contributed by atoms with Crippen molar-refractivity contribution in [3.63, 3.8) is 0 Å². The molecule has 18 heavy (non-hydrogen) atoms. The van der Waals surface area contributed by atoms with Crippen LogP contribution < -0.4 is 5.32 Å². The number of aryl methyl sites for hydroxylation is 2. The molecule has 2 rings (SSSR count). The summed E-state index contributed by atoms with van der Waals surface area (Å²) >= 11 is 0. The van der Waals surface area contributed by atoms with Gasteiger partial charge in [-0.25, -0.2) is 4.39 Å². The van der Waals surface area contributed by atoms with Crippen molar-refractivity contribution in [2.45, 2.75) is 33.5 Å². The van der Waals surface area contributed by atoms with E-state index in [0.29, 0.717) is 0 Å². The van der Waals surface area contributed by atoms with Crippen LogP contribution in [0.2, 0.25) is 0 Å². The van der Waals surface area contributed by atoms with Crippen LogP contribution in [0.25, 0.3) is 0 Å². The number of hydrogen-bond acceptors (Lipinski definition) is 2. The summed E-state index contributed by atoms with van der Waals surface area (Å²) in [5.41, 5.74) is 3.35. The van der Waals surface area contributed by atoms with Gasteiger partial charge >= 0.3 is 0 Å². The lowest BCUT2D eigenvalue weighted by Gasteiger charge is -2.04. The Kier molecular flexibility index (Phi) is 4.10. The minimum Gasteiger partial charge on any atom is -0.308 e. The zero-order valence-corrected chi connectivity index (χ0v) is 10.8. The fourth-order valence-corrected chi connectivity index (χ4v) is 1.84. The molecule has 0 bridgehead atoms. The zero-order valence-electron chi connectivity index (χ0n) is 10.8. The molecule has 0 aliphatic rings. The standard InChI is InChI=1S/C14H18FN3/c1-3-18-10-13(11(2)17-18)9-16-8-12-4-6-14(15)7-5-12/h4-7,10,16H,3,8-9H2,1-2H3. The highest BCUT2D eigenvalue weighted by molar-refractivity contribution is 5.17. The molecular formula is C14H18FN3. The topological polar surface area (TPSA) is 29.9 Å². The Morgan fingerprint density at radius 1 is 1.22 bits per heavy atom. The molecule has 0 atom stereocenters. The van der Waals surface area contributed by atoms with Crippen LogP contribution in [0.3, 0.4) is 0 Å². The van der Waals surface area contributed by atoms with E-state index in [0.717, 1.165) is 30.9 Å². The Hall–Kier alpha value is -1.68. The Labute approximate surface area is 107 Å². The molecule has 0 amide bonds. The van der Waals surface area contributed by atoms with Crippen molar-refractivity contribution in [2.75, 3.05) is 0 Å². The number of rotatable bonds is 5. The first-order chi connectivity index (χ1) is 8.69. The molecule has 0 radical (unpaired) electrons. The van der Waals surface area contributed by atoms with Crippen LogP contribution in [-0.2, 0) is 19.6 Å². The molecule has 0 fully saturated rings. The van der Waals surface area contributed by atoms with E-state index in [9.17, 15) is 4.39 Å². The van der Waals surface area contributed by atoms with Gasteiger partial charge in [0.2, 0.25) is 0 Å². The van der Waals surface area contributed by atoms with Crippen LogP contribution in [-0.4, -0.2) is 9.78 Å². The van der Waals surface area contributed by atoms with Crippen molar-refractivity contribution in [1.29, 1.82) is 0 Å². The molecule has 2 aromatic rings. The highest BCUT2D eigenvalue weighted by Crippen LogP contribution is 2.06. The summed E-state index contributed by atoms with van der Waals surface area (Å²) in [7, 11) is 0. The van der Waals surface area contributed by atoms with Gasteiger partial charge in [0, 0.05) is 31.4 Å². The lowest BCUT2D eigenvalue weighted by Crippen LogP contribution is -2.12. The fourth-order valence-electron chi connectivity index (χ4n) is 1.84. The number of aromatic nitrogens is 2. The summed E-state index contributed by atoms with van der Waals surface area (Å²) < 4.78 is 14.7. The van der Waals surface area contributed by atoms with Crippen molar-refractivity contribution in [2.24, 2.45) is 0 Å². The largest absolute Gasteiger partial charge is 0.308 e. The number of nitrogens with one attached hydrogen (secondary N) is 1. The first-order valence-electron chi connectivity index (χ1n) is 6.17. The van der Waals surface area contributed by atoms with Gasteiger partial charge in [-0.3, -0.25) is 4.68 Å². The van der Waals surface area contributed by atoms with Gasteiger partial charge in [-0.1, -0.05) is 12.1 Å². The zero-order chi connectivity index (χ0) is 13.0. The van der Waals surface area contributed by atoms with Crippen LogP contribution in [0.4, 0.5) is 4.39 Å². The van der Waals surface area contributed by atoms with Gasteiger partial charge in [-0.05, 0) is 31.5 Å². The molecule has 1 N–H and O–H groups in total. The van der Waals surface area contributed by atoms with Gasteiger partial charge in [0.1, 0.15) is 5.82 Å². The van der Waals surface area contributed by atoms with Crippen LogP contribution >= 0.6 is 0 Å². The minimum atomic E-state index is -0.196. The van der Waals surface area contributed by atoms with E-state index in [-0.39, 0.29) is 5.82 Å². The van der Waals surface area contributed by atoms with Crippen LogP contribution in [0, 0.1) is 12.7 Å². The van der Waals surface area contributed by atoms with E-state index in [2.05, 4.69) is 23.5 Å². The van der Waals surface area contributed by atoms with E-state index in [1.54, 1.807) is 12.1 Å². The maximum atomic E-state index is 12.7. The fraction of sp³-hybridized carbons (Fsp3) is 0.357. The van der Waals surface area contributed by atoms with Crippen molar-refractivity contribution in [3.05, 3.63) is 53.1 Å². The monoisotopic (exact) mass is 247 g/mol. The van der Waals surface area contributed by atoms with E-state index < -0.39 is 0 Å². The summed E-state index contributed by atoms with van der Waals surface area (Å²) in [5, 5.41) is 7.73. The highest BCUT2D eigenvalue weighted by atomic mass is 19.1. The van der Waals surface area contributed by atoms with Crippen molar-refractivity contribution >= 4 is 0 Å². The van der Waals surface area contributed by atoms with Crippen molar-refractivity contribution < 1.29 is 4.39 Å². The lowest BCUT2D eigenvalue weighted by molar-refractivity contribution is 0.624. The second-order valence-corrected chi connectivity index (χ2v) is 4.33. The smallest absolute Gasteiger partial charge is 0.123 e. The Morgan fingerprint density at radius 2 is 1.94 bits per heavy atom. The Balaban J connectivity index is 1.88. The Morgan fingerprint density at radius 3 is 2.56 bits per heavy atom. The van der Waals surface area contributed by atoms with Gasteiger partial charge < -0.3 is 5.32 Å². The van der Waals surface area contributed by atoms with Gasteiger partial charge in [0.25, 0.3) is 0 Å². The van der Waals surface area contributed by atoms with Crippen molar-refractivity contribution in [3.8, 4) is 0 Å². The molecule has 1 heterocycles. The lowest BCUT2D eigenvalue weighted by atomic mass is 10.2. The quantitative estimate of drug-likeness (QED) is 0.880. The van der Waals surface area contributed by atoms with Gasteiger partial charge in [-0.2, -0.15) is 5.10 Å². The average molecular weight is 247 g/mol. The third-order valence-electron chi connectivity index (χ3n) is 2.93. The maximum Gasteiger partial charge on any atom is 0.123 e. The predicted octanol–water partition coefficient (Wildman–Crippen LogP) is 2.64. The Bertz CT molecular complexity index is 502. The summed E-state index contributed by atoms with van der Waals surface area (Å²) in [4.78, 5) is 0. The van der Waals surface area contributed by atoms with Gasteiger partial charge in [-0.15, -0.1) is 0 Å². The second kappa shape index (κ2) is 5.78. The molecule has 1 aromatic carbocycles. The normalized spacial score (nSPS) is 10.8. The predicted molar refractivity (Wildman–Crippen MR) is 69.6 cm³/mol. The molecule has 4 heteroatoms. The maximum absolute atomic E-state index is 12.7. The molecule has 3 nitrogen and oxygen atoms in total. The van der Waals surface area contributed by atoms with E-state index in [4.69, 9.17) is 0 Å². The molecule has 1 aromatic heterocycles. The van der Waals surface area contributed by atoms with E-state index >= 15 is 0 Å².